The van der Waals surface area contributed by atoms with Crippen molar-refractivity contribution in [2.24, 2.45) is 0 Å². The van der Waals surface area contributed by atoms with Crippen molar-refractivity contribution in [1.82, 2.24) is 19.2 Å². The molecule has 0 radical (unpaired) electrons. The summed E-state index contributed by atoms with van der Waals surface area (Å²) in [5.74, 6) is 0.892. The Morgan fingerprint density at radius 2 is 1.89 bits per heavy atom. The van der Waals surface area contributed by atoms with Crippen LogP contribution in [-0.2, 0) is 10.0 Å². The summed E-state index contributed by atoms with van der Waals surface area (Å²) in [6.45, 7) is 5.74. The fraction of sp³-hybridized carbons (Fsp3) is 0.556. The van der Waals surface area contributed by atoms with Crippen molar-refractivity contribution >= 4 is 26.6 Å². The van der Waals surface area contributed by atoms with E-state index in [1.165, 1.54) is 6.33 Å². The van der Waals surface area contributed by atoms with Crippen LogP contribution in [0.4, 0.5) is 5.69 Å². The zero-order chi connectivity index (χ0) is 18.9. The first-order valence-electron chi connectivity index (χ1n) is 9.31. The fourth-order valence-corrected chi connectivity index (χ4v) is 5.32. The van der Waals surface area contributed by atoms with Gasteiger partial charge in [0.05, 0.1) is 23.8 Å². The van der Waals surface area contributed by atoms with Crippen molar-refractivity contribution in [3.8, 4) is 5.88 Å². The van der Waals surface area contributed by atoms with Gasteiger partial charge in [-0.15, -0.1) is 0 Å². The molecule has 8 nitrogen and oxygen atoms in total. The number of nitrogens with zero attached hydrogens (tertiary/aromatic N) is 5. The van der Waals surface area contributed by atoms with Crippen LogP contribution in [0.15, 0.2) is 24.5 Å². The van der Waals surface area contributed by atoms with E-state index in [1.807, 2.05) is 6.07 Å². The first kappa shape index (κ1) is 18.4. The van der Waals surface area contributed by atoms with Gasteiger partial charge in [-0.3, -0.25) is 4.90 Å². The number of methoxy groups -OCH3 is 1. The third kappa shape index (κ3) is 3.85. The van der Waals surface area contributed by atoms with Crippen LogP contribution in [0, 0.1) is 0 Å². The van der Waals surface area contributed by atoms with E-state index >= 15 is 0 Å². The zero-order valence-electron chi connectivity index (χ0n) is 15.5. The molecule has 4 rings (SSSR count). The lowest BCUT2D eigenvalue weighted by atomic mass is 10.2. The van der Waals surface area contributed by atoms with Gasteiger partial charge in [0.15, 0.2) is 0 Å². The van der Waals surface area contributed by atoms with E-state index in [0.717, 1.165) is 55.7 Å². The van der Waals surface area contributed by atoms with E-state index < -0.39 is 10.0 Å². The molecule has 0 atom stereocenters. The summed E-state index contributed by atoms with van der Waals surface area (Å²) in [6.07, 6.45) is 2.27. The van der Waals surface area contributed by atoms with Crippen molar-refractivity contribution < 1.29 is 13.2 Å². The minimum atomic E-state index is -3.00. The van der Waals surface area contributed by atoms with E-state index in [4.69, 9.17) is 4.74 Å². The van der Waals surface area contributed by atoms with Crippen LogP contribution in [0.1, 0.15) is 6.42 Å². The molecule has 1 aromatic carbocycles. The van der Waals surface area contributed by atoms with Gasteiger partial charge in [0, 0.05) is 51.5 Å². The molecule has 0 N–H and O–H groups in total. The molecule has 0 unspecified atom stereocenters. The maximum absolute atomic E-state index is 11.9. The number of ether oxygens (including phenoxy) is 1. The Morgan fingerprint density at radius 3 is 2.59 bits per heavy atom. The SMILES string of the molecule is COc1ncnc2ccc(N3CCN(CCN4CCCS4(=O)=O)CC3)cc12. The molecule has 0 amide bonds. The molecule has 146 valence electrons. The molecule has 0 bridgehead atoms. The highest BCUT2D eigenvalue weighted by Crippen LogP contribution is 2.27. The third-order valence-corrected chi connectivity index (χ3v) is 7.34. The normalized spacial score (nSPS) is 21.0. The molecule has 1 aromatic heterocycles. The van der Waals surface area contributed by atoms with E-state index in [0.29, 0.717) is 24.7 Å². The van der Waals surface area contributed by atoms with Crippen molar-refractivity contribution in [2.75, 3.05) is 63.6 Å². The van der Waals surface area contributed by atoms with E-state index in [2.05, 4.69) is 31.9 Å². The first-order valence-corrected chi connectivity index (χ1v) is 10.9. The summed E-state index contributed by atoms with van der Waals surface area (Å²) in [4.78, 5) is 13.2. The lowest BCUT2D eigenvalue weighted by molar-refractivity contribution is 0.240. The zero-order valence-corrected chi connectivity index (χ0v) is 16.4. The average molecular weight is 391 g/mol. The van der Waals surface area contributed by atoms with Gasteiger partial charge in [-0.25, -0.2) is 22.7 Å². The van der Waals surface area contributed by atoms with Crippen LogP contribution in [0.5, 0.6) is 5.88 Å². The van der Waals surface area contributed by atoms with Crippen molar-refractivity contribution in [3.05, 3.63) is 24.5 Å². The molecular weight excluding hydrogens is 366 g/mol. The number of anilines is 1. The number of hydrogen-bond acceptors (Lipinski definition) is 7. The second kappa shape index (κ2) is 7.57. The van der Waals surface area contributed by atoms with Gasteiger partial charge in [-0.05, 0) is 24.6 Å². The van der Waals surface area contributed by atoms with Gasteiger partial charge in [-0.2, -0.15) is 0 Å². The Kier molecular flexibility index (Phi) is 5.16. The highest BCUT2D eigenvalue weighted by Gasteiger charge is 2.28. The molecule has 27 heavy (non-hydrogen) atoms. The molecule has 2 aliphatic heterocycles. The lowest BCUT2D eigenvalue weighted by Crippen LogP contribution is -2.48. The number of benzene rings is 1. The van der Waals surface area contributed by atoms with Gasteiger partial charge >= 0.3 is 0 Å². The minimum Gasteiger partial charge on any atom is -0.480 e. The second-order valence-corrected chi connectivity index (χ2v) is 9.07. The predicted molar refractivity (Wildman–Crippen MR) is 105 cm³/mol. The van der Waals surface area contributed by atoms with E-state index in [1.54, 1.807) is 11.4 Å². The average Bonchev–Trinajstić information content (AvgIpc) is 3.04. The lowest BCUT2D eigenvalue weighted by Gasteiger charge is -2.36. The number of fused-ring (bicyclic) bond motifs is 1. The van der Waals surface area contributed by atoms with Crippen LogP contribution in [0.2, 0.25) is 0 Å². The van der Waals surface area contributed by atoms with Crippen LogP contribution < -0.4 is 9.64 Å². The first-order chi connectivity index (χ1) is 13.1. The van der Waals surface area contributed by atoms with Crippen LogP contribution in [0.25, 0.3) is 10.9 Å². The Hall–Kier alpha value is -1.97. The Bertz CT molecular complexity index is 912. The highest BCUT2D eigenvalue weighted by molar-refractivity contribution is 7.89. The minimum absolute atomic E-state index is 0.302. The number of hydrogen-bond donors (Lipinski definition) is 0. The summed E-state index contributed by atoms with van der Waals surface area (Å²) < 4.78 is 30.8. The largest absolute Gasteiger partial charge is 0.480 e. The molecule has 2 aromatic rings. The number of sulfonamides is 1. The molecule has 2 fully saturated rings. The number of aromatic nitrogens is 2. The van der Waals surface area contributed by atoms with Crippen LogP contribution in [-0.4, -0.2) is 86.3 Å². The molecule has 9 heteroatoms. The number of piperazine rings is 1. The van der Waals surface area contributed by atoms with Gasteiger partial charge in [0.2, 0.25) is 15.9 Å². The van der Waals surface area contributed by atoms with E-state index in [9.17, 15) is 8.42 Å². The van der Waals surface area contributed by atoms with E-state index in [-0.39, 0.29) is 0 Å². The van der Waals surface area contributed by atoms with Crippen LogP contribution in [0.3, 0.4) is 0 Å². The summed E-state index contributed by atoms with van der Waals surface area (Å²) >= 11 is 0. The topological polar surface area (TPSA) is 78.9 Å². The Labute approximate surface area is 159 Å². The maximum Gasteiger partial charge on any atom is 0.224 e. The number of rotatable bonds is 5. The molecule has 3 heterocycles. The third-order valence-electron chi connectivity index (χ3n) is 5.38. The van der Waals surface area contributed by atoms with Gasteiger partial charge in [-0.1, -0.05) is 0 Å². The highest BCUT2D eigenvalue weighted by atomic mass is 32.2. The molecule has 2 saturated heterocycles. The van der Waals surface area contributed by atoms with Crippen molar-refractivity contribution in [2.45, 2.75) is 6.42 Å². The molecule has 0 saturated carbocycles. The molecule has 0 spiro atoms. The van der Waals surface area contributed by atoms with Crippen LogP contribution >= 0.6 is 0 Å². The summed E-state index contributed by atoms with van der Waals surface area (Å²) in [5, 5.41) is 0.916. The maximum atomic E-state index is 11.9. The monoisotopic (exact) mass is 391 g/mol. The Balaban J connectivity index is 1.37. The van der Waals surface area contributed by atoms with Gasteiger partial charge in [0.1, 0.15) is 6.33 Å². The fourth-order valence-electron chi connectivity index (χ4n) is 3.81. The molecule has 0 aliphatic carbocycles. The molecular formula is C18H25N5O3S. The summed E-state index contributed by atoms with van der Waals surface area (Å²) in [7, 11) is -1.38. The predicted octanol–water partition coefficient (Wildman–Crippen LogP) is 0.796. The smallest absolute Gasteiger partial charge is 0.224 e. The quantitative estimate of drug-likeness (QED) is 0.746. The van der Waals surface area contributed by atoms with Crippen molar-refractivity contribution in [3.63, 3.8) is 0 Å². The summed E-state index contributed by atoms with van der Waals surface area (Å²) in [6, 6.07) is 6.17. The Morgan fingerprint density at radius 1 is 1.07 bits per heavy atom. The van der Waals surface area contributed by atoms with Gasteiger partial charge in [0.25, 0.3) is 0 Å². The summed E-state index contributed by atoms with van der Waals surface area (Å²) in [5.41, 5.74) is 2.01. The van der Waals surface area contributed by atoms with Gasteiger partial charge < -0.3 is 9.64 Å². The van der Waals surface area contributed by atoms with Crippen molar-refractivity contribution in [1.29, 1.82) is 0 Å². The standard InChI is InChI=1S/C18H25N5O3S/c1-26-18-16-13-15(3-4-17(16)19-14-20-18)22-9-6-21(7-10-22)8-11-23-5-2-12-27(23,24)25/h3-4,13-14H,2,5-12H2,1H3. The molecule has 2 aliphatic rings. The second-order valence-electron chi connectivity index (χ2n) is 6.98.